The van der Waals surface area contributed by atoms with Crippen molar-refractivity contribution in [2.24, 2.45) is 5.92 Å². The molecule has 1 N–H and O–H groups in total. The summed E-state index contributed by atoms with van der Waals surface area (Å²) in [5.74, 6) is 0.923. The fourth-order valence-corrected chi connectivity index (χ4v) is 4.37. The van der Waals surface area contributed by atoms with Crippen LogP contribution in [0.2, 0.25) is 0 Å². The molecule has 0 amide bonds. The van der Waals surface area contributed by atoms with Gasteiger partial charge in [-0.3, -0.25) is 0 Å². The summed E-state index contributed by atoms with van der Waals surface area (Å²) in [6.45, 7) is 3.45. The number of hydrogen-bond acceptors (Lipinski definition) is 2. The Kier molecular flexibility index (Phi) is 3.95. The summed E-state index contributed by atoms with van der Waals surface area (Å²) >= 11 is 0. The van der Waals surface area contributed by atoms with Crippen LogP contribution in [-0.4, -0.2) is 24.3 Å². The third-order valence-corrected chi connectivity index (χ3v) is 5.63. The fraction of sp³-hybridized carbons (Fsp3) is 1.00. The Morgan fingerprint density at radius 2 is 1.78 bits per heavy atom. The van der Waals surface area contributed by atoms with Gasteiger partial charge in [-0.05, 0) is 51.4 Å². The second-order valence-electron chi connectivity index (χ2n) is 6.91. The van der Waals surface area contributed by atoms with Crippen LogP contribution in [0, 0.1) is 5.92 Å². The lowest BCUT2D eigenvalue weighted by Gasteiger charge is -2.26. The molecule has 3 aliphatic rings. The summed E-state index contributed by atoms with van der Waals surface area (Å²) in [5, 5.41) is 3.75. The lowest BCUT2D eigenvalue weighted by molar-refractivity contribution is -0.0362. The first-order valence-corrected chi connectivity index (χ1v) is 8.19. The van der Waals surface area contributed by atoms with Crippen molar-refractivity contribution in [1.29, 1.82) is 0 Å². The Morgan fingerprint density at radius 1 is 1.06 bits per heavy atom. The standard InChI is InChI=1S/C16H29NO/c1-13(14-6-2-3-7-14)17-12-15-8-11-16(18-15)9-4-5-10-16/h13-15,17H,2-12H2,1H3/t13-,15?/m1/s1. The fourth-order valence-electron chi connectivity index (χ4n) is 4.37. The molecule has 0 aromatic carbocycles. The molecule has 2 nitrogen and oxygen atoms in total. The van der Waals surface area contributed by atoms with Crippen molar-refractivity contribution in [3.05, 3.63) is 0 Å². The van der Waals surface area contributed by atoms with Crippen LogP contribution >= 0.6 is 0 Å². The second kappa shape index (κ2) is 5.50. The average molecular weight is 251 g/mol. The molecule has 0 radical (unpaired) electrons. The van der Waals surface area contributed by atoms with Crippen molar-refractivity contribution < 1.29 is 4.74 Å². The van der Waals surface area contributed by atoms with E-state index in [9.17, 15) is 0 Å². The summed E-state index contributed by atoms with van der Waals surface area (Å²) in [5.41, 5.74) is 0.308. The largest absolute Gasteiger partial charge is 0.370 e. The maximum absolute atomic E-state index is 6.36. The number of hydrogen-bond donors (Lipinski definition) is 1. The first kappa shape index (κ1) is 12.9. The highest BCUT2D eigenvalue weighted by Gasteiger charge is 2.42. The highest BCUT2D eigenvalue weighted by Crippen LogP contribution is 2.43. The second-order valence-corrected chi connectivity index (χ2v) is 6.91. The average Bonchev–Trinajstić information content (AvgIpc) is 3.09. The minimum Gasteiger partial charge on any atom is -0.370 e. The zero-order valence-electron chi connectivity index (χ0n) is 11.9. The molecule has 2 aliphatic carbocycles. The van der Waals surface area contributed by atoms with E-state index >= 15 is 0 Å². The molecule has 3 fully saturated rings. The molecular weight excluding hydrogens is 222 g/mol. The van der Waals surface area contributed by atoms with E-state index in [0.29, 0.717) is 17.7 Å². The van der Waals surface area contributed by atoms with E-state index in [0.717, 1.165) is 12.5 Å². The Hall–Kier alpha value is -0.0800. The lowest BCUT2D eigenvalue weighted by atomic mass is 9.98. The van der Waals surface area contributed by atoms with Gasteiger partial charge < -0.3 is 10.1 Å². The molecule has 0 aromatic heterocycles. The lowest BCUT2D eigenvalue weighted by Crippen LogP contribution is -2.38. The molecule has 0 bridgehead atoms. The quantitative estimate of drug-likeness (QED) is 0.823. The van der Waals surface area contributed by atoms with E-state index in [2.05, 4.69) is 12.2 Å². The van der Waals surface area contributed by atoms with Crippen molar-refractivity contribution in [2.45, 2.75) is 88.9 Å². The van der Waals surface area contributed by atoms with Gasteiger partial charge in [0, 0.05) is 12.6 Å². The van der Waals surface area contributed by atoms with E-state index in [1.165, 1.54) is 64.2 Å². The summed E-state index contributed by atoms with van der Waals surface area (Å²) < 4.78 is 6.36. The maximum atomic E-state index is 6.36. The van der Waals surface area contributed by atoms with Crippen LogP contribution < -0.4 is 5.32 Å². The van der Waals surface area contributed by atoms with Crippen LogP contribution in [0.15, 0.2) is 0 Å². The molecule has 18 heavy (non-hydrogen) atoms. The molecule has 1 aliphatic heterocycles. The third kappa shape index (κ3) is 2.75. The predicted octanol–water partition coefficient (Wildman–Crippen LogP) is 3.65. The monoisotopic (exact) mass is 251 g/mol. The molecular formula is C16H29NO. The first-order valence-electron chi connectivity index (χ1n) is 8.19. The van der Waals surface area contributed by atoms with Crippen molar-refractivity contribution in [3.63, 3.8) is 0 Å². The van der Waals surface area contributed by atoms with Gasteiger partial charge in [0.2, 0.25) is 0 Å². The minimum atomic E-state index is 0.308. The predicted molar refractivity (Wildman–Crippen MR) is 74.7 cm³/mol. The van der Waals surface area contributed by atoms with Gasteiger partial charge in [0.15, 0.2) is 0 Å². The van der Waals surface area contributed by atoms with Crippen LogP contribution in [0.5, 0.6) is 0 Å². The van der Waals surface area contributed by atoms with Gasteiger partial charge in [0.05, 0.1) is 11.7 Å². The van der Waals surface area contributed by atoms with Gasteiger partial charge in [0.1, 0.15) is 0 Å². The maximum Gasteiger partial charge on any atom is 0.0708 e. The molecule has 2 saturated carbocycles. The Morgan fingerprint density at radius 3 is 2.50 bits per heavy atom. The van der Waals surface area contributed by atoms with E-state index in [1.807, 2.05) is 0 Å². The normalized spacial score (nSPS) is 33.5. The first-order chi connectivity index (χ1) is 8.77. The molecule has 104 valence electrons. The molecule has 1 heterocycles. The zero-order chi connectivity index (χ0) is 12.4. The van der Waals surface area contributed by atoms with Crippen LogP contribution in [0.3, 0.4) is 0 Å². The van der Waals surface area contributed by atoms with Crippen LogP contribution in [0.25, 0.3) is 0 Å². The molecule has 2 heteroatoms. The van der Waals surface area contributed by atoms with Crippen molar-refractivity contribution >= 4 is 0 Å². The van der Waals surface area contributed by atoms with E-state index in [-0.39, 0.29) is 0 Å². The number of ether oxygens (including phenoxy) is 1. The van der Waals surface area contributed by atoms with E-state index in [4.69, 9.17) is 4.74 Å². The zero-order valence-corrected chi connectivity index (χ0v) is 11.9. The van der Waals surface area contributed by atoms with Crippen molar-refractivity contribution in [3.8, 4) is 0 Å². The SMILES string of the molecule is C[C@@H](NCC1CCC2(CCCC2)O1)C1CCCC1. The molecule has 3 rings (SSSR count). The smallest absolute Gasteiger partial charge is 0.0708 e. The minimum absolute atomic E-state index is 0.308. The summed E-state index contributed by atoms with van der Waals surface area (Å²) in [6.07, 6.45) is 14.3. The van der Waals surface area contributed by atoms with E-state index in [1.54, 1.807) is 0 Å². The van der Waals surface area contributed by atoms with Gasteiger partial charge in [-0.15, -0.1) is 0 Å². The Balaban J connectivity index is 1.41. The topological polar surface area (TPSA) is 21.3 Å². The highest BCUT2D eigenvalue weighted by molar-refractivity contribution is 4.93. The molecule has 1 unspecified atom stereocenters. The van der Waals surface area contributed by atoms with Crippen LogP contribution in [-0.2, 0) is 4.74 Å². The molecule has 1 saturated heterocycles. The van der Waals surface area contributed by atoms with Gasteiger partial charge in [-0.2, -0.15) is 0 Å². The highest BCUT2D eigenvalue weighted by atomic mass is 16.5. The summed E-state index contributed by atoms with van der Waals surface area (Å²) in [6, 6.07) is 0.691. The number of nitrogens with one attached hydrogen (secondary N) is 1. The summed E-state index contributed by atoms with van der Waals surface area (Å²) in [4.78, 5) is 0. The number of rotatable bonds is 4. The van der Waals surface area contributed by atoms with Gasteiger partial charge in [-0.25, -0.2) is 0 Å². The third-order valence-electron chi connectivity index (χ3n) is 5.63. The Bertz CT molecular complexity index is 266. The van der Waals surface area contributed by atoms with Crippen molar-refractivity contribution in [1.82, 2.24) is 5.32 Å². The van der Waals surface area contributed by atoms with E-state index < -0.39 is 0 Å². The molecule has 0 aromatic rings. The van der Waals surface area contributed by atoms with Gasteiger partial charge in [0.25, 0.3) is 0 Å². The Labute approximate surface area is 112 Å². The van der Waals surface area contributed by atoms with Gasteiger partial charge >= 0.3 is 0 Å². The molecule has 2 atom stereocenters. The molecule has 1 spiro atoms. The van der Waals surface area contributed by atoms with Crippen LogP contribution in [0.1, 0.15) is 71.1 Å². The van der Waals surface area contributed by atoms with Crippen LogP contribution in [0.4, 0.5) is 0 Å². The van der Waals surface area contributed by atoms with Gasteiger partial charge in [-0.1, -0.05) is 25.7 Å². The van der Waals surface area contributed by atoms with Crippen molar-refractivity contribution in [2.75, 3.05) is 6.54 Å². The summed E-state index contributed by atoms with van der Waals surface area (Å²) in [7, 11) is 0.